The average Bonchev–Trinajstić information content (AvgIpc) is 2.76. The van der Waals surface area contributed by atoms with Crippen LogP contribution in [0.4, 0.5) is 0 Å². The van der Waals surface area contributed by atoms with E-state index in [1.54, 1.807) is 6.08 Å². The molecule has 0 aliphatic carbocycles. The molecule has 5 heteroatoms. The van der Waals surface area contributed by atoms with Crippen molar-refractivity contribution in [1.82, 2.24) is 5.32 Å². The molecule has 1 aromatic rings. The van der Waals surface area contributed by atoms with Crippen molar-refractivity contribution in [3.8, 4) is 0 Å². The Morgan fingerprint density at radius 1 is 1.59 bits per heavy atom. The molecule has 0 radical (unpaired) electrons. The zero-order valence-corrected chi connectivity index (χ0v) is 10.2. The van der Waals surface area contributed by atoms with Crippen molar-refractivity contribution in [2.75, 3.05) is 0 Å². The minimum atomic E-state index is -1.01. The van der Waals surface area contributed by atoms with Crippen LogP contribution in [-0.4, -0.2) is 23.0 Å². The number of rotatable bonds is 7. The van der Waals surface area contributed by atoms with E-state index in [-0.39, 0.29) is 12.3 Å². The average molecular weight is 253 g/mol. The van der Waals surface area contributed by atoms with E-state index in [9.17, 15) is 9.59 Å². The van der Waals surface area contributed by atoms with Crippen LogP contribution < -0.4 is 5.32 Å². The lowest BCUT2D eigenvalue weighted by atomic mass is 10.1. The van der Waals surface area contributed by atoms with Crippen LogP contribution in [0.1, 0.15) is 17.7 Å². The van der Waals surface area contributed by atoms with Crippen molar-refractivity contribution >= 4 is 23.2 Å². The van der Waals surface area contributed by atoms with E-state index in [0.717, 1.165) is 4.88 Å². The van der Waals surface area contributed by atoms with Gasteiger partial charge >= 0.3 is 5.97 Å². The van der Waals surface area contributed by atoms with Crippen LogP contribution >= 0.6 is 11.3 Å². The summed E-state index contributed by atoms with van der Waals surface area (Å²) in [4.78, 5) is 23.4. The van der Waals surface area contributed by atoms with Crippen LogP contribution in [0.15, 0.2) is 30.2 Å². The number of hydrogen-bond acceptors (Lipinski definition) is 3. The van der Waals surface area contributed by atoms with Crippen molar-refractivity contribution in [1.29, 1.82) is 0 Å². The fourth-order valence-corrected chi connectivity index (χ4v) is 2.06. The zero-order valence-electron chi connectivity index (χ0n) is 9.39. The van der Waals surface area contributed by atoms with Gasteiger partial charge < -0.3 is 10.4 Å². The molecule has 92 valence electrons. The second-order valence-corrected chi connectivity index (χ2v) is 4.61. The zero-order chi connectivity index (χ0) is 12.7. The molecule has 1 unspecified atom stereocenters. The van der Waals surface area contributed by atoms with Crippen LogP contribution in [0.3, 0.4) is 0 Å². The van der Waals surface area contributed by atoms with Crippen molar-refractivity contribution in [3.63, 3.8) is 0 Å². The van der Waals surface area contributed by atoms with E-state index in [0.29, 0.717) is 12.8 Å². The van der Waals surface area contributed by atoms with Crippen LogP contribution in [0.5, 0.6) is 0 Å². The van der Waals surface area contributed by atoms with E-state index >= 15 is 0 Å². The maximum absolute atomic E-state index is 11.6. The first kappa shape index (κ1) is 13.4. The van der Waals surface area contributed by atoms with Gasteiger partial charge in [0.1, 0.15) is 6.04 Å². The molecule has 2 N–H and O–H groups in total. The van der Waals surface area contributed by atoms with E-state index in [1.165, 1.54) is 11.3 Å². The molecule has 0 aromatic carbocycles. The minimum Gasteiger partial charge on any atom is -0.480 e. The first-order chi connectivity index (χ1) is 8.13. The highest BCUT2D eigenvalue weighted by atomic mass is 32.1. The maximum Gasteiger partial charge on any atom is 0.326 e. The second-order valence-electron chi connectivity index (χ2n) is 3.58. The van der Waals surface area contributed by atoms with Gasteiger partial charge in [-0.1, -0.05) is 12.1 Å². The summed E-state index contributed by atoms with van der Waals surface area (Å²) in [5.74, 6) is -1.27. The Bertz CT molecular complexity index is 386. The molecule has 1 aromatic heterocycles. The summed E-state index contributed by atoms with van der Waals surface area (Å²) in [6.45, 7) is 3.53. The summed E-state index contributed by atoms with van der Waals surface area (Å²) in [7, 11) is 0. The highest BCUT2D eigenvalue weighted by Crippen LogP contribution is 2.09. The number of thiophene rings is 1. The molecule has 0 fully saturated rings. The molecule has 17 heavy (non-hydrogen) atoms. The summed E-state index contributed by atoms with van der Waals surface area (Å²) in [6, 6.07) is 2.88. The number of amides is 1. The summed E-state index contributed by atoms with van der Waals surface area (Å²) >= 11 is 1.48. The number of carbonyl (C=O) groups is 2. The normalized spacial score (nSPS) is 11.8. The van der Waals surface area contributed by atoms with Crippen molar-refractivity contribution in [2.45, 2.75) is 25.3 Å². The Morgan fingerprint density at radius 2 is 2.35 bits per heavy atom. The van der Waals surface area contributed by atoms with E-state index in [4.69, 9.17) is 5.11 Å². The molecule has 1 amide bonds. The largest absolute Gasteiger partial charge is 0.480 e. The van der Waals surface area contributed by atoms with Crippen LogP contribution in [0.25, 0.3) is 0 Å². The first-order valence-electron chi connectivity index (χ1n) is 5.29. The van der Waals surface area contributed by atoms with Gasteiger partial charge in [-0.15, -0.1) is 17.9 Å². The van der Waals surface area contributed by atoms with E-state index < -0.39 is 12.0 Å². The quantitative estimate of drug-likeness (QED) is 0.728. The molecular formula is C12H15NO3S. The molecule has 0 saturated carbocycles. The molecule has 1 rings (SSSR count). The molecule has 1 heterocycles. The monoisotopic (exact) mass is 253 g/mol. The minimum absolute atomic E-state index is 0.232. The predicted octanol–water partition coefficient (Wildman–Crippen LogP) is 1.83. The predicted molar refractivity (Wildman–Crippen MR) is 67.0 cm³/mol. The third kappa shape index (κ3) is 4.82. The summed E-state index contributed by atoms with van der Waals surface area (Å²) in [5.41, 5.74) is 0. The first-order valence-corrected chi connectivity index (χ1v) is 6.17. The van der Waals surface area contributed by atoms with Crippen molar-refractivity contribution in [3.05, 3.63) is 35.0 Å². The number of aliphatic carboxylic acids is 1. The van der Waals surface area contributed by atoms with Gasteiger partial charge in [-0.25, -0.2) is 4.79 Å². The number of hydrogen-bond donors (Lipinski definition) is 2. The van der Waals surface area contributed by atoms with Crippen LogP contribution in [0, 0.1) is 0 Å². The van der Waals surface area contributed by atoms with Crippen LogP contribution in [0.2, 0.25) is 0 Å². The molecule has 4 nitrogen and oxygen atoms in total. The second kappa shape index (κ2) is 6.85. The molecule has 0 saturated heterocycles. The number of carboxylic acids is 1. The van der Waals surface area contributed by atoms with Crippen molar-refractivity contribution < 1.29 is 14.7 Å². The molecular weight excluding hydrogens is 238 g/mol. The number of allylic oxidation sites excluding steroid dienone is 1. The van der Waals surface area contributed by atoms with Gasteiger partial charge in [-0.05, 0) is 24.3 Å². The topological polar surface area (TPSA) is 66.4 Å². The summed E-state index contributed by atoms with van der Waals surface area (Å²) < 4.78 is 0. The fourth-order valence-electron chi connectivity index (χ4n) is 1.36. The van der Waals surface area contributed by atoms with E-state index in [1.807, 2.05) is 17.5 Å². The Labute approximate surface area is 104 Å². The van der Waals surface area contributed by atoms with Gasteiger partial charge in [0, 0.05) is 4.88 Å². The van der Waals surface area contributed by atoms with Gasteiger partial charge in [0.2, 0.25) is 5.91 Å². The van der Waals surface area contributed by atoms with Gasteiger partial charge in [0.15, 0.2) is 0 Å². The lowest BCUT2D eigenvalue weighted by Crippen LogP contribution is -2.41. The van der Waals surface area contributed by atoms with E-state index in [2.05, 4.69) is 11.9 Å². The van der Waals surface area contributed by atoms with Crippen LogP contribution in [-0.2, 0) is 16.0 Å². The lowest BCUT2D eigenvalue weighted by Gasteiger charge is -2.13. The summed E-state index contributed by atoms with van der Waals surface area (Å²) in [6.07, 6.45) is 2.81. The number of carboxylic acid groups (broad SMARTS) is 1. The van der Waals surface area contributed by atoms with Gasteiger partial charge in [0.05, 0.1) is 6.42 Å². The number of nitrogens with one attached hydrogen (secondary N) is 1. The smallest absolute Gasteiger partial charge is 0.326 e. The molecule has 1 atom stereocenters. The third-order valence-corrected chi connectivity index (χ3v) is 3.08. The third-order valence-electron chi connectivity index (χ3n) is 2.21. The Kier molecular flexibility index (Phi) is 5.42. The summed E-state index contributed by atoms with van der Waals surface area (Å²) in [5, 5.41) is 13.3. The molecule has 0 aliphatic rings. The maximum atomic E-state index is 11.6. The van der Waals surface area contributed by atoms with Gasteiger partial charge in [-0.3, -0.25) is 4.79 Å². The van der Waals surface area contributed by atoms with Gasteiger partial charge in [0.25, 0.3) is 0 Å². The van der Waals surface area contributed by atoms with Gasteiger partial charge in [-0.2, -0.15) is 0 Å². The Balaban J connectivity index is 2.46. The standard InChI is InChI=1S/C12H15NO3S/c1-2-3-6-10(12(15)16)13-11(14)8-9-5-4-7-17-9/h2,4-5,7,10H,1,3,6,8H2,(H,13,14)(H,15,16). The Hall–Kier alpha value is -1.62. The molecule has 0 spiro atoms. The highest BCUT2D eigenvalue weighted by Gasteiger charge is 2.18. The molecule has 0 bridgehead atoms. The van der Waals surface area contributed by atoms with Crippen molar-refractivity contribution in [2.24, 2.45) is 0 Å². The highest BCUT2D eigenvalue weighted by molar-refractivity contribution is 7.10. The Morgan fingerprint density at radius 3 is 2.88 bits per heavy atom. The molecule has 0 aliphatic heterocycles. The fraction of sp³-hybridized carbons (Fsp3) is 0.333. The SMILES string of the molecule is C=CCCC(NC(=O)Cc1cccs1)C(=O)O. The lowest BCUT2D eigenvalue weighted by molar-refractivity contribution is -0.141. The number of carbonyl (C=O) groups excluding carboxylic acids is 1.